The Morgan fingerprint density at radius 1 is 1.26 bits per heavy atom. The van der Waals surface area contributed by atoms with Crippen molar-refractivity contribution in [2.24, 2.45) is 14.1 Å². The number of rotatable bonds is 5. The largest absolute Gasteiger partial charge is 0.573 e. The van der Waals surface area contributed by atoms with Crippen LogP contribution in [0, 0.1) is 0 Å². The van der Waals surface area contributed by atoms with Crippen LogP contribution in [-0.2, 0) is 25.3 Å². The van der Waals surface area contributed by atoms with Gasteiger partial charge in [0.15, 0.2) is 5.13 Å². The summed E-state index contributed by atoms with van der Waals surface area (Å²) in [6.07, 6.45) is -3.91. The summed E-state index contributed by atoms with van der Waals surface area (Å²) in [6, 6.07) is 3.80. The van der Waals surface area contributed by atoms with Gasteiger partial charge in [-0.2, -0.15) is 0 Å². The van der Waals surface area contributed by atoms with E-state index in [-0.39, 0.29) is 33.2 Å². The van der Waals surface area contributed by atoms with Gasteiger partial charge in [0, 0.05) is 30.6 Å². The van der Waals surface area contributed by atoms with Crippen molar-refractivity contribution in [1.29, 1.82) is 0 Å². The van der Waals surface area contributed by atoms with Gasteiger partial charge in [0.25, 0.3) is 5.56 Å². The van der Waals surface area contributed by atoms with Crippen LogP contribution in [0.4, 0.5) is 18.3 Å². The molecule has 4 rings (SSSR count). The standard InChI is InChI=1S/C20H14ClF3N4O5S/c1-27-16(30)15-10(7-32-17(15)28(2)19(27)31)6-14(29)26-18-25-12(8-34-18)9-3-4-11(21)13(5-9)33-20(22,23)24/h3-5,7-8H,6H2,1-2H3,(H,25,26,29). The molecule has 3 aromatic heterocycles. The molecular weight excluding hydrogens is 501 g/mol. The van der Waals surface area contributed by atoms with Gasteiger partial charge in [-0.15, -0.1) is 24.5 Å². The zero-order valence-electron chi connectivity index (χ0n) is 17.4. The Balaban J connectivity index is 1.54. The summed E-state index contributed by atoms with van der Waals surface area (Å²) in [5, 5.41) is 4.18. The molecule has 0 unspecified atom stereocenters. The second-order valence-electron chi connectivity index (χ2n) is 7.10. The Labute approximate surface area is 197 Å². The quantitative estimate of drug-likeness (QED) is 0.435. The molecule has 14 heteroatoms. The lowest BCUT2D eigenvalue weighted by Gasteiger charge is -2.11. The van der Waals surface area contributed by atoms with Crippen molar-refractivity contribution in [3.8, 4) is 17.0 Å². The van der Waals surface area contributed by atoms with Crippen LogP contribution >= 0.6 is 22.9 Å². The number of furan rings is 1. The first-order valence-corrected chi connectivity index (χ1v) is 10.7. The number of fused-ring (bicyclic) bond motifs is 1. The lowest BCUT2D eigenvalue weighted by molar-refractivity contribution is -0.274. The van der Waals surface area contributed by atoms with Gasteiger partial charge in [0.05, 0.1) is 23.4 Å². The first-order valence-electron chi connectivity index (χ1n) is 9.41. The van der Waals surface area contributed by atoms with Crippen molar-refractivity contribution in [2.75, 3.05) is 5.32 Å². The van der Waals surface area contributed by atoms with Crippen LogP contribution in [0.2, 0.25) is 5.02 Å². The number of benzene rings is 1. The molecule has 1 N–H and O–H groups in total. The number of ether oxygens (including phenoxy) is 1. The Morgan fingerprint density at radius 2 is 2.00 bits per heavy atom. The number of aromatic nitrogens is 3. The third kappa shape index (κ3) is 4.56. The summed E-state index contributed by atoms with van der Waals surface area (Å²) < 4.78 is 49.0. The fourth-order valence-electron chi connectivity index (χ4n) is 3.22. The number of carbonyl (C=O) groups excluding carboxylic acids is 1. The highest BCUT2D eigenvalue weighted by Crippen LogP contribution is 2.35. The molecule has 178 valence electrons. The first-order chi connectivity index (χ1) is 15.9. The SMILES string of the molecule is Cn1c(=O)c2c(CC(=O)Nc3nc(-c4ccc(Cl)c(OC(F)(F)F)c4)cs3)coc2n(C)c1=O. The summed E-state index contributed by atoms with van der Waals surface area (Å²) in [4.78, 5) is 41.2. The van der Waals surface area contributed by atoms with E-state index in [9.17, 15) is 27.6 Å². The first kappa shape index (κ1) is 23.6. The van der Waals surface area contributed by atoms with Crippen LogP contribution in [0.3, 0.4) is 0 Å². The monoisotopic (exact) mass is 514 g/mol. The fourth-order valence-corrected chi connectivity index (χ4v) is 4.11. The van der Waals surface area contributed by atoms with E-state index < -0.39 is 29.3 Å². The average Bonchev–Trinajstić information content (AvgIpc) is 3.38. The molecule has 9 nitrogen and oxygen atoms in total. The molecule has 0 aliphatic rings. The second-order valence-corrected chi connectivity index (χ2v) is 8.37. The average molecular weight is 515 g/mol. The minimum Gasteiger partial charge on any atom is -0.447 e. The van der Waals surface area contributed by atoms with Gasteiger partial charge in [-0.3, -0.25) is 18.7 Å². The maximum Gasteiger partial charge on any atom is 0.573 e. The van der Waals surface area contributed by atoms with E-state index in [2.05, 4.69) is 15.0 Å². The van der Waals surface area contributed by atoms with Crippen molar-refractivity contribution in [2.45, 2.75) is 12.8 Å². The van der Waals surface area contributed by atoms with Gasteiger partial charge < -0.3 is 14.5 Å². The van der Waals surface area contributed by atoms with Crippen LogP contribution in [0.1, 0.15) is 5.56 Å². The van der Waals surface area contributed by atoms with Gasteiger partial charge in [-0.25, -0.2) is 9.78 Å². The minimum absolute atomic E-state index is 0.0482. The summed E-state index contributed by atoms with van der Waals surface area (Å²) in [6.45, 7) is 0. The highest BCUT2D eigenvalue weighted by Gasteiger charge is 2.32. The molecule has 0 aliphatic heterocycles. The van der Waals surface area contributed by atoms with Crippen molar-refractivity contribution in [3.63, 3.8) is 0 Å². The van der Waals surface area contributed by atoms with Gasteiger partial charge in [-0.05, 0) is 12.1 Å². The summed E-state index contributed by atoms with van der Waals surface area (Å²) in [5.41, 5.74) is -0.235. The summed E-state index contributed by atoms with van der Waals surface area (Å²) in [7, 11) is 2.76. The minimum atomic E-state index is -4.91. The highest BCUT2D eigenvalue weighted by atomic mass is 35.5. The lowest BCUT2D eigenvalue weighted by atomic mass is 10.1. The van der Waals surface area contributed by atoms with Crippen LogP contribution in [0.15, 0.2) is 43.8 Å². The predicted octanol–water partition coefficient (Wildman–Crippen LogP) is 3.69. The molecule has 0 saturated heterocycles. The maximum absolute atomic E-state index is 12.6. The number of hydrogen-bond acceptors (Lipinski definition) is 7. The molecular formula is C20H14ClF3N4O5S. The molecule has 0 fully saturated rings. The van der Waals surface area contributed by atoms with Crippen LogP contribution in [-0.4, -0.2) is 26.4 Å². The van der Waals surface area contributed by atoms with Crippen LogP contribution < -0.4 is 21.3 Å². The maximum atomic E-state index is 12.6. The zero-order chi connectivity index (χ0) is 24.8. The number of amides is 1. The molecule has 0 saturated carbocycles. The molecule has 4 aromatic rings. The topological polar surface area (TPSA) is 108 Å². The van der Waals surface area contributed by atoms with E-state index >= 15 is 0 Å². The summed E-state index contributed by atoms with van der Waals surface area (Å²) in [5.74, 6) is -1.09. The van der Waals surface area contributed by atoms with Gasteiger partial charge in [-0.1, -0.05) is 17.7 Å². The fraction of sp³-hybridized carbons (Fsp3) is 0.200. The van der Waals surface area contributed by atoms with Crippen molar-refractivity contribution in [1.82, 2.24) is 14.1 Å². The Morgan fingerprint density at radius 3 is 2.71 bits per heavy atom. The smallest absolute Gasteiger partial charge is 0.447 e. The molecule has 34 heavy (non-hydrogen) atoms. The molecule has 0 bridgehead atoms. The number of carbonyl (C=O) groups is 1. The number of halogens is 4. The number of aryl methyl sites for hydroxylation is 1. The van der Waals surface area contributed by atoms with E-state index in [1.54, 1.807) is 0 Å². The van der Waals surface area contributed by atoms with Gasteiger partial charge >= 0.3 is 12.1 Å². The number of hydrogen-bond donors (Lipinski definition) is 1. The van der Waals surface area contributed by atoms with Gasteiger partial charge in [0.2, 0.25) is 11.6 Å². The Bertz CT molecular complexity index is 1540. The number of alkyl halides is 3. The Kier molecular flexibility index (Phi) is 6.00. The second kappa shape index (κ2) is 8.65. The molecule has 1 amide bonds. The van der Waals surface area contributed by atoms with E-state index in [1.165, 1.54) is 37.9 Å². The molecule has 0 atom stereocenters. The molecule has 3 heterocycles. The number of anilines is 1. The van der Waals surface area contributed by atoms with Crippen LogP contribution in [0.25, 0.3) is 22.4 Å². The van der Waals surface area contributed by atoms with E-state index in [4.69, 9.17) is 16.0 Å². The molecule has 0 aliphatic carbocycles. The number of nitrogens with one attached hydrogen (secondary N) is 1. The highest BCUT2D eigenvalue weighted by molar-refractivity contribution is 7.14. The van der Waals surface area contributed by atoms with Gasteiger partial charge in [0.1, 0.15) is 11.1 Å². The molecule has 0 spiro atoms. The van der Waals surface area contributed by atoms with Crippen molar-refractivity contribution < 1.29 is 27.1 Å². The predicted molar refractivity (Wildman–Crippen MR) is 118 cm³/mol. The lowest BCUT2D eigenvalue weighted by Crippen LogP contribution is -2.36. The molecule has 0 radical (unpaired) electrons. The Hall–Kier alpha value is -3.58. The van der Waals surface area contributed by atoms with E-state index in [0.29, 0.717) is 11.3 Å². The normalized spacial score (nSPS) is 11.7. The van der Waals surface area contributed by atoms with Crippen molar-refractivity contribution in [3.05, 3.63) is 61.3 Å². The van der Waals surface area contributed by atoms with E-state index in [1.807, 2.05) is 0 Å². The third-order valence-electron chi connectivity index (χ3n) is 4.80. The summed E-state index contributed by atoms with van der Waals surface area (Å²) >= 11 is 6.81. The zero-order valence-corrected chi connectivity index (χ0v) is 19.0. The van der Waals surface area contributed by atoms with E-state index in [0.717, 1.165) is 26.5 Å². The third-order valence-corrected chi connectivity index (χ3v) is 5.87. The van der Waals surface area contributed by atoms with Crippen molar-refractivity contribution >= 4 is 45.1 Å². The van der Waals surface area contributed by atoms with Crippen LogP contribution in [0.5, 0.6) is 5.75 Å². The molecule has 1 aromatic carbocycles. The number of thiazole rings is 1. The number of nitrogens with zero attached hydrogens (tertiary/aromatic N) is 3.